The highest BCUT2D eigenvalue weighted by Gasteiger charge is 2.53. The largest absolute Gasteiger partial charge is 0.504 e. The van der Waals surface area contributed by atoms with Gasteiger partial charge < -0.3 is 18.9 Å². The summed E-state index contributed by atoms with van der Waals surface area (Å²) < 4.78 is 30.9. The maximum absolute atomic E-state index is 14.2. The lowest BCUT2D eigenvalue weighted by Crippen LogP contribution is -2.52. The number of ether oxygens (including phenoxy) is 1. The number of benzene rings is 1. The molecule has 0 amide bonds. The molecule has 0 bridgehead atoms. The van der Waals surface area contributed by atoms with Crippen molar-refractivity contribution in [3.05, 3.63) is 47.2 Å². The van der Waals surface area contributed by atoms with Gasteiger partial charge in [-0.3, -0.25) is 9.57 Å². The van der Waals surface area contributed by atoms with Crippen LogP contribution in [-0.4, -0.2) is 38.0 Å². The number of hydrogen-bond donors (Lipinski definition) is 2. The average Bonchev–Trinajstić information content (AvgIpc) is 2.75. The minimum atomic E-state index is -3.75. The summed E-state index contributed by atoms with van der Waals surface area (Å²) in [6.45, 7) is 7.70. The van der Waals surface area contributed by atoms with Gasteiger partial charge in [0.05, 0.1) is 13.7 Å². The van der Waals surface area contributed by atoms with Crippen LogP contribution in [0, 0.1) is 13.8 Å². The molecule has 2 atom stereocenters. The smallest absolute Gasteiger partial charge is 0.356 e. The number of rotatable bonds is 11. The van der Waals surface area contributed by atoms with Crippen LogP contribution in [0.15, 0.2) is 30.5 Å². The van der Waals surface area contributed by atoms with Gasteiger partial charge in [0.15, 0.2) is 16.8 Å². The van der Waals surface area contributed by atoms with Crippen molar-refractivity contribution in [2.45, 2.75) is 45.8 Å². The molecule has 1 heterocycles. The molecule has 2 unspecified atom stereocenters. The molecule has 31 heavy (non-hydrogen) atoms. The number of nitrogens with one attached hydrogen (secondary N) is 1. The molecular formula is C22H34N3O5P. The van der Waals surface area contributed by atoms with Gasteiger partial charge in [-0.05, 0) is 62.1 Å². The van der Waals surface area contributed by atoms with Crippen LogP contribution < -0.4 is 15.2 Å². The van der Waals surface area contributed by atoms with Crippen LogP contribution in [0.4, 0.5) is 5.82 Å². The van der Waals surface area contributed by atoms with Gasteiger partial charge in [-0.25, -0.2) is 10.4 Å². The molecule has 0 radical (unpaired) electrons. The van der Waals surface area contributed by atoms with E-state index in [2.05, 4.69) is 10.4 Å². The number of pyridine rings is 1. The fourth-order valence-corrected chi connectivity index (χ4v) is 5.96. The molecule has 0 saturated carbocycles. The average molecular weight is 452 g/mol. The van der Waals surface area contributed by atoms with E-state index in [0.29, 0.717) is 29.8 Å². The Kier molecular flexibility index (Phi) is 8.49. The summed E-state index contributed by atoms with van der Waals surface area (Å²) in [4.78, 5) is 4.46. The molecule has 0 aliphatic carbocycles. The number of nitrogens with zero attached hydrogens (tertiary/aromatic N) is 2. The van der Waals surface area contributed by atoms with E-state index in [9.17, 15) is 9.67 Å². The molecular weight excluding hydrogens is 417 g/mol. The molecule has 0 aliphatic rings. The van der Waals surface area contributed by atoms with Gasteiger partial charge in [0.1, 0.15) is 5.82 Å². The fourth-order valence-electron chi connectivity index (χ4n) is 3.77. The van der Waals surface area contributed by atoms with E-state index in [4.69, 9.17) is 13.8 Å². The van der Waals surface area contributed by atoms with Gasteiger partial charge in [-0.15, -0.1) is 0 Å². The summed E-state index contributed by atoms with van der Waals surface area (Å²) in [6, 6.07) is 7.27. The van der Waals surface area contributed by atoms with Crippen LogP contribution in [0.3, 0.4) is 0 Å². The zero-order valence-electron chi connectivity index (χ0n) is 19.4. The summed E-state index contributed by atoms with van der Waals surface area (Å²) in [7, 11) is 0.933. The number of aromatic hydroxyl groups is 1. The van der Waals surface area contributed by atoms with Gasteiger partial charge in [0, 0.05) is 20.4 Å². The summed E-state index contributed by atoms with van der Waals surface area (Å²) in [5, 5.41) is 10.9. The van der Waals surface area contributed by atoms with Crippen LogP contribution in [0.1, 0.15) is 43.4 Å². The lowest BCUT2D eigenvalue weighted by molar-refractivity contribution is 0.198. The van der Waals surface area contributed by atoms with Crippen molar-refractivity contribution in [1.29, 1.82) is 0 Å². The maximum Gasteiger partial charge on any atom is 0.356 e. The number of phenolic OH excluding ortho intramolecular Hbond substituents is 1. The van der Waals surface area contributed by atoms with Gasteiger partial charge in [0.2, 0.25) is 0 Å². The molecule has 9 heteroatoms. The normalized spacial score (nSPS) is 15.2. The van der Waals surface area contributed by atoms with Crippen LogP contribution in [-0.2, 0) is 18.9 Å². The van der Waals surface area contributed by atoms with E-state index in [1.54, 1.807) is 37.2 Å². The predicted molar refractivity (Wildman–Crippen MR) is 123 cm³/mol. The number of aromatic nitrogens is 1. The van der Waals surface area contributed by atoms with E-state index >= 15 is 0 Å². The maximum atomic E-state index is 14.2. The Balaban J connectivity index is 2.78. The van der Waals surface area contributed by atoms with E-state index in [0.717, 1.165) is 5.56 Å². The molecule has 0 saturated heterocycles. The zero-order chi connectivity index (χ0) is 23.2. The quantitative estimate of drug-likeness (QED) is 0.369. The topological polar surface area (TPSA) is 93.2 Å². The number of hydrazine groups is 1. The highest BCUT2D eigenvalue weighted by Crippen LogP contribution is 2.65. The number of phenols is 1. The number of hydrogen-bond acceptors (Lipinski definition) is 8. The first-order valence-electron chi connectivity index (χ1n) is 10.3. The van der Waals surface area contributed by atoms with Crippen LogP contribution in [0.5, 0.6) is 11.5 Å². The first kappa shape index (κ1) is 25.1. The van der Waals surface area contributed by atoms with Gasteiger partial charge in [-0.2, -0.15) is 0 Å². The second-order valence-corrected chi connectivity index (χ2v) is 9.75. The minimum absolute atomic E-state index is 0.0363. The van der Waals surface area contributed by atoms with Crippen molar-refractivity contribution in [2.24, 2.45) is 0 Å². The molecule has 1 aromatic carbocycles. The second-order valence-electron chi connectivity index (χ2n) is 7.37. The summed E-state index contributed by atoms with van der Waals surface area (Å²) >= 11 is 0. The number of methoxy groups -OCH3 is 1. The van der Waals surface area contributed by atoms with E-state index in [1.165, 1.54) is 14.2 Å². The van der Waals surface area contributed by atoms with Crippen molar-refractivity contribution in [3.63, 3.8) is 0 Å². The van der Waals surface area contributed by atoms with Gasteiger partial charge >= 0.3 is 7.60 Å². The van der Waals surface area contributed by atoms with Crippen molar-refractivity contribution < 1.29 is 23.5 Å². The third-order valence-electron chi connectivity index (χ3n) is 5.23. The highest BCUT2D eigenvalue weighted by molar-refractivity contribution is 7.55. The van der Waals surface area contributed by atoms with Crippen molar-refractivity contribution in [1.82, 2.24) is 10.4 Å². The Bertz CT molecular complexity index is 939. The highest BCUT2D eigenvalue weighted by atomic mass is 31.2. The standard InChI is InChI=1S/C22H34N3O5P/c1-8-12-22(31(27,29-7)30-9-2,18-14-17(4)20(26)19(15-18)28-6)24-25(5)21-16(3)11-10-13-23-21/h10-11,13-15,24,26H,8-9,12H2,1-7H3. The molecule has 2 aromatic rings. The molecule has 0 aliphatic heterocycles. The molecule has 2 N–H and O–H groups in total. The third-order valence-corrected chi connectivity index (χ3v) is 7.83. The third kappa shape index (κ3) is 4.88. The second kappa shape index (κ2) is 10.5. The monoisotopic (exact) mass is 451 g/mol. The first-order valence-corrected chi connectivity index (χ1v) is 11.9. The number of anilines is 1. The molecule has 8 nitrogen and oxygen atoms in total. The van der Waals surface area contributed by atoms with Crippen molar-refractivity contribution >= 4 is 13.4 Å². The fraction of sp³-hybridized carbons (Fsp3) is 0.500. The molecule has 172 valence electrons. The number of aryl methyl sites for hydroxylation is 2. The van der Waals surface area contributed by atoms with Gasteiger partial charge in [-0.1, -0.05) is 19.4 Å². The first-order chi connectivity index (χ1) is 14.7. The molecule has 0 spiro atoms. The van der Waals surface area contributed by atoms with Crippen LogP contribution in [0.2, 0.25) is 0 Å². The van der Waals surface area contributed by atoms with Crippen LogP contribution >= 0.6 is 7.60 Å². The van der Waals surface area contributed by atoms with E-state index in [-0.39, 0.29) is 18.1 Å². The van der Waals surface area contributed by atoms with Crippen molar-refractivity contribution in [2.75, 3.05) is 32.9 Å². The lowest BCUT2D eigenvalue weighted by atomic mass is 9.99. The zero-order valence-corrected chi connectivity index (χ0v) is 20.3. The minimum Gasteiger partial charge on any atom is -0.504 e. The Morgan fingerprint density at radius 3 is 2.48 bits per heavy atom. The summed E-state index contributed by atoms with van der Waals surface area (Å²) in [6.07, 6.45) is 2.82. The SMILES string of the molecule is CCCC(NN(C)c1ncccc1C)(c1cc(C)c(O)c(OC)c1)P(=O)(OC)OCC. The Morgan fingerprint density at radius 1 is 1.23 bits per heavy atom. The Labute approximate surface area is 185 Å². The van der Waals surface area contributed by atoms with Crippen molar-refractivity contribution in [3.8, 4) is 11.5 Å². The lowest BCUT2D eigenvalue weighted by Gasteiger charge is -2.42. The Morgan fingerprint density at radius 2 is 1.94 bits per heavy atom. The molecule has 0 fully saturated rings. The van der Waals surface area contributed by atoms with Crippen LogP contribution in [0.25, 0.3) is 0 Å². The van der Waals surface area contributed by atoms with E-state index < -0.39 is 12.9 Å². The Hall–Kier alpha value is -2.12. The van der Waals surface area contributed by atoms with Gasteiger partial charge in [0.25, 0.3) is 0 Å². The summed E-state index contributed by atoms with van der Waals surface area (Å²) in [5.74, 6) is 1.01. The van der Waals surface area contributed by atoms with E-state index in [1.807, 2.05) is 33.0 Å². The summed E-state index contributed by atoms with van der Waals surface area (Å²) in [5.41, 5.74) is 5.57. The molecule has 1 aromatic heterocycles. The predicted octanol–water partition coefficient (Wildman–Crippen LogP) is 4.88. The molecule has 2 rings (SSSR count).